The highest BCUT2D eigenvalue weighted by atomic mass is 16.3. The summed E-state index contributed by atoms with van der Waals surface area (Å²) < 4.78 is 1.91. The minimum atomic E-state index is -0.620. The normalized spacial score (nSPS) is 33.9. The highest BCUT2D eigenvalue weighted by Crippen LogP contribution is 2.41. The van der Waals surface area contributed by atoms with Crippen molar-refractivity contribution < 1.29 is 5.11 Å². The molecule has 13 heavy (non-hydrogen) atoms. The monoisotopic (exact) mass is 180 g/mol. The van der Waals surface area contributed by atoms with E-state index in [4.69, 9.17) is 0 Å². The lowest BCUT2D eigenvalue weighted by Gasteiger charge is -2.22. The van der Waals surface area contributed by atoms with E-state index in [-0.39, 0.29) is 0 Å². The summed E-state index contributed by atoms with van der Waals surface area (Å²) in [5, 5.41) is 10.3. The van der Waals surface area contributed by atoms with Crippen LogP contribution in [0.5, 0.6) is 0 Å². The van der Waals surface area contributed by atoms with E-state index in [1.807, 2.05) is 11.6 Å². The number of aliphatic hydroxyl groups is 1. The van der Waals surface area contributed by atoms with Gasteiger partial charge in [0, 0.05) is 7.05 Å². The van der Waals surface area contributed by atoms with Crippen LogP contribution in [0.4, 0.5) is 0 Å². The number of rotatable bonds is 1. The van der Waals surface area contributed by atoms with Crippen molar-refractivity contribution in [2.45, 2.75) is 31.8 Å². The second kappa shape index (κ2) is 2.84. The molecule has 1 aliphatic rings. The average molecular weight is 180 g/mol. The molecule has 0 bridgehead atoms. The third kappa shape index (κ3) is 1.37. The molecule has 2 rings (SSSR count). The summed E-state index contributed by atoms with van der Waals surface area (Å²) in [5.74, 6) is 0.625. The van der Waals surface area contributed by atoms with Gasteiger partial charge in [0.05, 0.1) is 18.2 Å². The summed E-state index contributed by atoms with van der Waals surface area (Å²) in [6, 6.07) is 0. The predicted molar refractivity (Wildman–Crippen MR) is 50.1 cm³/mol. The van der Waals surface area contributed by atoms with Gasteiger partial charge < -0.3 is 9.67 Å². The SMILES string of the molecule is CC1CCC(O)(c2cncn2C)C1. The van der Waals surface area contributed by atoms with E-state index in [9.17, 15) is 5.11 Å². The van der Waals surface area contributed by atoms with Crippen molar-refractivity contribution in [2.24, 2.45) is 13.0 Å². The third-order valence-electron chi connectivity index (χ3n) is 3.03. The van der Waals surface area contributed by atoms with Gasteiger partial charge in [0.1, 0.15) is 5.60 Å². The maximum atomic E-state index is 10.3. The van der Waals surface area contributed by atoms with E-state index in [1.54, 1.807) is 12.5 Å². The van der Waals surface area contributed by atoms with Crippen molar-refractivity contribution in [2.75, 3.05) is 0 Å². The minimum Gasteiger partial charge on any atom is -0.384 e. The van der Waals surface area contributed by atoms with E-state index in [2.05, 4.69) is 11.9 Å². The predicted octanol–water partition coefficient (Wildman–Crippen LogP) is 1.43. The molecule has 1 aromatic heterocycles. The molecular formula is C10H16N2O. The summed E-state index contributed by atoms with van der Waals surface area (Å²) >= 11 is 0. The van der Waals surface area contributed by atoms with Crippen LogP contribution in [-0.4, -0.2) is 14.7 Å². The van der Waals surface area contributed by atoms with Gasteiger partial charge in [-0.15, -0.1) is 0 Å². The Morgan fingerprint density at radius 1 is 1.69 bits per heavy atom. The molecule has 0 aliphatic heterocycles. The quantitative estimate of drug-likeness (QED) is 0.710. The topological polar surface area (TPSA) is 38.1 Å². The van der Waals surface area contributed by atoms with Crippen molar-refractivity contribution in [3.05, 3.63) is 18.2 Å². The van der Waals surface area contributed by atoms with Gasteiger partial charge >= 0.3 is 0 Å². The molecular weight excluding hydrogens is 164 g/mol. The zero-order valence-corrected chi connectivity index (χ0v) is 8.20. The van der Waals surface area contributed by atoms with E-state index in [0.29, 0.717) is 5.92 Å². The van der Waals surface area contributed by atoms with Gasteiger partial charge in [0.15, 0.2) is 0 Å². The lowest BCUT2D eigenvalue weighted by Crippen LogP contribution is -2.24. The summed E-state index contributed by atoms with van der Waals surface area (Å²) in [7, 11) is 1.93. The number of hydrogen-bond acceptors (Lipinski definition) is 2. The third-order valence-corrected chi connectivity index (χ3v) is 3.03. The molecule has 0 aromatic carbocycles. The Morgan fingerprint density at radius 3 is 2.92 bits per heavy atom. The summed E-state index contributed by atoms with van der Waals surface area (Å²) in [6.07, 6.45) is 6.37. The first-order valence-corrected chi connectivity index (χ1v) is 4.81. The molecule has 0 spiro atoms. The minimum absolute atomic E-state index is 0.620. The number of hydrogen-bond donors (Lipinski definition) is 1. The molecule has 72 valence electrons. The fourth-order valence-electron chi connectivity index (χ4n) is 2.30. The van der Waals surface area contributed by atoms with Crippen LogP contribution >= 0.6 is 0 Å². The van der Waals surface area contributed by atoms with Crippen molar-refractivity contribution in [1.82, 2.24) is 9.55 Å². The van der Waals surface area contributed by atoms with Gasteiger partial charge in [-0.1, -0.05) is 6.92 Å². The fourth-order valence-corrected chi connectivity index (χ4v) is 2.30. The second-order valence-corrected chi connectivity index (χ2v) is 4.27. The van der Waals surface area contributed by atoms with E-state index in [1.165, 1.54) is 0 Å². The standard InChI is InChI=1S/C10H16N2O/c1-8-3-4-10(13,5-8)9-6-11-7-12(9)2/h6-8,13H,3-5H2,1-2H3. The lowest BCUT2D eigenvalue weighted by molar-refractivity contribution is 0.0335. The average Bonchev–Trinajstić information content (AvgIpc) is 2.59. The van der Waals surface area contributed by atoms with E-state index in [0.717, 1.165) is 25.0 Å². The molecule has 1 aromatic rings. The van der Waals surface area contributed by atoms with Gasteiger partial charge in [0.25, 0.3) is 0 Å². The summed E-state index contributed by atoms with van der Waals surface area (Å²) in [4.78, 5) is 4.04. The second-order valence-electron chi connectivity index (χ2n) is 4.27. The number of aryl methyl sites for hydroxylation is 1. The first kappa shape index (κ1) is 8.75. The van der Waals surface area contributed by atoms with E-state index < -0.39 is 5.60 Å². The summed E-state index contributed by atoms with van der Waals surface area (Å²) in [5.41, 5.74) is 0.335. The van der Waals surface area contributed by atoms with Crippen LogP contribution < -0.4 is 0 Å². The number of aromatic nitrogens is 2. The summed E-state index contributed by atoms with van der Waals surface area (Å²) in [6.45, 7) is 2.19. The Kier molecular flexibility index (Phi) is 1.91. The van der Waals surface area contributed by atoms with Crippen molar-refractivity contribution in [3.8, 4) is 0 Å². The Balaban J connectivity index is 2.30. The fraction of sp³-hybridized carbons (Fsp3) is 0.700. The van der Waals surface area contributed by atoms with Crippen molar-refractivity contribution in [1.29, 1.82) is 0 Å². The van der Waals surface area contributed by atoms with Gasteiger partial charge in [-0.3, -0.25) is 0 Å². The van der Waals surface area contributed by atoms with Crippen molar-refractivity contribution >= 4 is 0 Å². The van der Waals surface area contributed by atoms with Crippen LogP contribution in [0.3, 0.4) is 0 Å². The van der Waals surface area contributed by atoms with Crippen LogP contribution in [0.2, 0.25) is 0 Å². The smallest absolute Gasteiger partial charge is 0.106 e. The highest BCUT2D eigenvalue weighted by Gasteiger charge is 2.38. The molecule has 3 heteroatoms. The van der Waals surface area contributed by atoms with Crippen LogP contribution in [-0.2, 0) is 12.6 Å². The molecule has 3 nitrogen and oxygen atoms in total. The molecule has 1 heterocycles. The molecule has 1 fully saturated rings. The molecule has 0 saturated heterocycles. The Hall–Kier alpha value is -0.830. The number of imidazole rings is 1. The lowest BCUT2D eigenvalue weighted by atomic mass is 9.97. The molecule has 0 radical (unpaired) electrons. The molecule has 0 amide bonds. The van der Waals surface area contributed by atoms with Gasteiger partial charge in [-0.2, -0.15) is 0 Å². The van der Waals surface area contributed by atoms with Gasteiger partial charge in [-0.25, -0.2) is 4.98 Å². The van der Waals surface area contributed by atoms with Crippen LogP contribution in [0.1, 0.15) is 31.9 Å². The van der Waals surface area contributed by atoms with Crippen LogP contribution in [0.25, 0.3) is 0 Å². The number of nitrogens with zero attached hydrogens (tertiary/aromatic N) is 2. The first-order valence-electron chi connectivity index (χ1n) is 4.81. The zero-order chi connectivity index (χ0) is 9.47. The Morgan fingerprint density at radius 2 is 2.46 bits per heavy atom. The Labute approximate surface area is 78.4 Å². The Bertz CT molecular complexity index is 308. The maximum Gasteiger partial charge on any atom is 0.106 e. The van der Waals surface area contributed by atoms with Crippen LogP contribution in [0, 0.1) is 5.92 Å². The van der Waals surface area contributed by atoms with Crippen molar-refractivity contribution in [3.63, 3.8) is 0 Å². The van der Waals surface area contributed by atoms with Gasteiger partial charge in [-0.05, 0) is 25.2 Å². The molecule has 2 unspecified atom stereocenters. The first-order chi connectivity index (χ1) is 6.12. The highest BCUT2D eigenvalue weighted by molar-refractivity contribution is 5.12. The largest absolute Gasteiger partial charge is 0.384 e. The van der Waals surface area contributed by atoms with E-state index >= 15 is 0 Å². The van der Waals surface area contributed by atoms with Gasteiger partial charge in [0.2, 0.25) is 0 Å². The molecule has 1 saturated carbocycles. The zero-order valence-electron chi connectivity index (χ0n) is 8.20. The molecule has 1 N–H and O–H groups in total. The maximum absolute atomic E-state index is 10.3. The molecule has 2 atom stereocenters. The molecule has 1 aliphatic carbocycles. The van der Waals surface area contributed by atoms with Crippen LogP contribution in [0.15, 0.2) is 12.5 Å².